The van der Waals surface area contributed by atoms with Gasteiger partial charge in [0, 0.05) is 0 Å². The van der Waals surface area contributed by atoms with Crippen molar-refractivity contribution >= 4 is 38.9 Å². The van der Waals surface area contributed by atoms with Gasteiger partial charge in [0.1, 0.15) is 10.6 Å². The molecule has 2 aromatic rings. The Labute approximate surface area is 120 Å². The number of phenols is 1. The summed E-state index contributed by atoms with van der Waals surface area (Å²) in [5, 5.41) is 10.1. The van der Waals surface area contributed by atoms with Gasteiger partial charge in [0.05, 0.1) is 15.7 Å². The van der Waals surface area contributed by atoms with Gasteiger partial charge >= 0.3 is 0 Å². The van der Waals surface area contributed by atoms with Crippen LogP contribution < -0.4 is 4.72 Å². The van der Waals surface area contributed by atoms with Gasteiger partial charge in [-0.05, 0) is 30.3 Å². The van der Waals surface area contributed by atoms with Crippen LogP contribution in [0.15, 0.2) is 47.4 Å². The minimum Gasteiger partial charge on any atom is -0.507 e. The minimum absolute atomic E-state index is 0.207. The summed E-state index contributed by atoms with van der Waals surface area (Å²) < 4.78 is 26.5. The lowest BCUT2D eigenvalue weighted by Gasteiger charge is -2.09. The molecule has 0 aromatic heterocycles. The van der Waals surface area contributed by atoms with Crippen molar-refractivity contribution < 1.29 is 13.5 Å². The van der Waals surface area contributed by atoms with Crippen molar-refractivity contribution in [2.75, 3.05) is 4.72 Å². The summed E-state index contributed by atoms with van der Waals surface area (Å²) in [6.07, 6.45) is 0. The SMILES string of the molecule is O=S(=O)(Nc1ccc(Cl)c(Cl)c1)c1ccccc1O. The van der Waals surface area contributed by atoms with Gasteiger partial charge in [0.15, 0.2) is 0 Å². The third-order valence-corrected chi connectivity index (χ3v) is 4.49. The van der Waals surface area contributed by atoms with E-state index in [9.17, 15) is 13.5 Å². The second-order valence-electron chi connectivity index (χ2n) is 3.70. The molecule has 2 rings (SSSR count). The lowest BCUT2D eigenvalue weighted by Crippen LogP contribution is -2.13. The average molecular weight is 318 g/mol. The monoisotopic (exact) mass is 317 g/mol. The maximum Gasteiger partial charge on any atom is 0.265 e. The maximum absolute atomic E-state index is 12.1. The van der Waals surface area contributed by atoms with E-state index >= 15 is 0 Å². The molecule has 0 saturated heterocycles. The van der Waals surface area contributed by atoms with E-state index in [1.54, 1.807) is 0 Å². The molecule has 0 bridgehead atoms. The van der Waals surface area contributed by atoms with Crippen LogP contribution in [0.4, 0.5) is 5.69 Å². The number of halogens is 2. The molecule has 0 radical (unpaired) electrons. The van der Waals surface area contributed by atoms with Crippen LogP contribution in [-0.2, 0) is 10.0 Å². The molecule has 0 fully saturated rings. The quantitative estimate of drug-likeness (QED) is 0.910. The number of phenolic OH excluding ortho intramolecular Hbond substituents is 1. The van der Waals surface area contributed by atoms with Gasteiger partial charge in [-0.15, -0.1) is 0 Å². The van der Waals surface area contributed by atoms with Crippen LogP contribution in [0.1, 0.15) is 0 Å². The van der Waals surface area contributed by atoms with Gasteiger partial charge in [0.2, 0.25) is 0 Å². The van der Waals surface area contributed by atoms with E-state index in [0.29, 0.717) is 5.02 Å². The number of anilines is 1. The summed E-state index contributed by atoms with van der Waals surface area (Å²) in [7, 11) is -3.88. The van der Waals surface area contributed by atoms with Crippen molar-refractivity contribution in [3.05, 3.63) is 52.5 Å². The minimum atomic E-state index is -3.88. The molecular weight excluding hydrogens is 309 g/mol. The van der Waals surface area contributed by atoms with E-state index in [0.717, 1.165) is 0 Å². The highest BCUT2D eigenvalue weighted by atomic mass is 35.5. The zero-order valence-electron chi connectivity index (χ0n) is 9.47. The lowest BCUT2D eigenvalue weighted by atomic mass is 10.3. The average Bonchev–Trinajstić information content (AvgIpc) is 2.34. The number of sulfonamides is 1. The van der Waals surface area contributed by atoms with Gasteiger partial charge in [-0.2, -0.15) is 0 Å². The van der Waals surface area contributed by atoms with Crippen molar-refractivity contribution in [3.8, 4) is 5.75 Å². The van der Waals surface area contributed by atoms with Crippen molar-refractivity contribution in [1.82, 2.24) is 0 Å². The number of hydrogen-bond acceptors (Lipinski definition) is 3. The van der Waals surface area contributed by atoms with Crippen molar-refractivity contribution in [1.29, 1.82) is 0 Å². The molecule has 2 aromatic carbocycles. The zero-order chi connectivity index (χ0) is 14.0. The first-order valence-electron chi connectivity index (χ1n) is 5.16. The summed E-state index contributed by atoms with van der Waals surface area (Å²) in [5.74, 6) is -0.324. The molecule has 0 aliphatic heterocycles. The Hall–Kier alpha value is -1.43. The highest BCUT2D eigenvalue weighted by Gasteiger charge is 2.18. The standard InChI is InChI=1S/C12H9Cl2NO3S/c13-9-6-5-8(7-10(9)14)15-19(17,18)12-4-2-1-3-11(12)16/h1-7,15-16H. The fraction of sp³-hybridized carbons (Fsp3) is 0. The van der Waals surface area contributed by atoms with E-state index in [2.05, 4.69) is 4.72 Å². The van der Waals surface area contributed by atoms with Crippen molar-refractivity contribution in [3.63, 3.8) is 0 Å². The molecule has 0 unspecified atom stereocenters. The fourth-order valence-corrected chi connectivity index (χ4v) is 2.90. The summed E-state index contributed by atoms with van der Waals surface area (Å²) in [5.41, 5.74) is 0.262. The number of para-hydroxylation sites is 1. The topological polar surface area (TPSA) is 66.4 Å². The molecule has 0 aliphatic carbocycles. The van der Waals surface area contributed by atoms with Crippen molar-refractivity contribution in [2.24, 2.45) is 0 Å². The first-order chi connectivity index (χ1) is 8.90. The molecule has 2 N–H and O–H groups in total. The van der Waals surface area contributed by atoms with E-state index < -0.39 is 10.0 Å². The fourth-order valence-electron chi connectivity index (χ4n) is 1.45. The Morgan fingerprint density at radius 2 is 1.68 bits per heavy atom. The Morgan fingerprint density at radius 1 is 1.00 bits per heavy atom. The third-order valence-electron chi connectivity index (χ3n) is 2.33. The second-order valence-corrected chi connectivity index (χ2v) is 6.17. The summed E-state index contributed by atoms with van der Waals surface area (Å²) in [6, 6.07) is 10.00. The summed E-state index contributed by atoms with van der Waals surface area (Å²) in [4.78, 5) is -0.207. The lowest BCUT2D eigenvalue weighted by molar-refractivity contribution is 0.459. The number of aromatic hydroxyl groups is 1. The zero-order valence-corrected chi connectivity index (χ0v) is 11.8. The highest BCUT2D eigenvalue weighted by Crippen LogP contribution is 2.28. The molecule has 0 heterocycles. The van der Waals surface area contributed by atoms with Crippen LogP contribution >= 0.6 is 23.2 Å². The molecule has 4 nitrogen and oxygen atoms in total. The second kappa shape index (κ2) is 5.28. The van der Waals surface area contributed by atoms with Gasteiger partial charge in [-0.25, -0.2) is 8.42 Å². The van der Waals surface area contributed by atoms with E-state index in [-0.39, 0.29) is 21.4 Å². The third kappa shape index (κ3) is 3.12. The molecule has 0 saturated carbocycles. The largest absolute Gasteiger partial charge is 0.507 e. The Bertz CT molecular complexity index is 717. The number of hydrogen-bond donors (Lipinski definition) is 2. The van der Waals surface area contributed by atoms with Crippen molar-refractivity contribution in [2.45, 2.75) is 4.90 Å². The smallest absolute Gasteiger partial charge is 0.265 e. The molecule has 100 valence electrons. The highest BCUT2D eigenvalue weighted by molar-refractivity contribution is 7.92. The summed E-state index contributed by atoms with van der Waals surface area (Å²) >= 11 is 11.5. The first kappa shape index (κ1) is 14.0. The molecule has 7 heteroatoms. The molecule has 0 aliphatic rings. The van der Waals surface area contributed by atoms with E-state index in [1.165, 1.54) is 42.5 Å². The Kier molecular flexibility index (Phi) is 3.89. The van der Waals surface area contributed by atoms with E-state index in [1.807, 2.05) is 0 Å². The van der Waals surface area contributed by atoms with Gasteiger partial charge in [-0.1, -0.05) is 35.3 Å². The predicted molar refractivity (Wildman–Crippen MR) is 75.4 cm³/mol. The molecular formula is C12H9Cl2NO3S. The van der Waals surface area contributed by atoms with Gasteiger partial charge in [-0.3, -0.25) is 4.72 Å². The van der Waals surface area contributed by atoms with Gasteiger partial charge in [0.25, 0.3) is 10.0 Å². The van der Waals surface area contributed by atoms with Crippen LogP contribution in [0.3, 0.4) is 0 Å². The maximum atomic E-state index is 12.1. The van der Waals surface area contributed by atoms with Crippen LogP contribution in [0, 0.1) is 0 Å². The number of rotatable bonds is 3. The normalized spacial score (nSPS) is 11.3. The molecule has 0 amide bonds. The van der Waals surface area contributed by atoms with E-state index in [4.69, 9.17) is 23.2 Å². The Balaban J connectivity index is 2.37. The number of nitrogens with one attached hydrogen (secondary N) is 1. The molecule has 19 heavy (non-hydrogen) atoms. The summed E-state index contributed by atoms with van der Waals surface area (Å²) in [6.45, 7) is 0. The van der Waals surface area contributed by atoms with Crippen LogP contribution in [0.25, 0.3) is 0 Å². The first-order valence-corrected chi connectivity index (χ1v) is 7.40. The molecule has 0 spiro atoms. The van der Waals surface area contributed by atoms with Crippen LogP contribution in [-0.4, -0.2) is 13.5 Å². The predicted octanol–water partition coefficient (Wildman–Crippen LogP) is 3.50. The Morgan fingerprint density at radius 3 is 2.32 bits per heavy atom. The van der Waals surface area contributed by atoms with Crippen LogP contribution in [0.2, 0.25) is 10.0 Å². The molecule has 0 atom stereocenters. The number of benzene rings is 2. The van der Waals surface area contributed by atoms with Crippen LogP contribution in [0.5, 0.6) is 5.75 Å². The van der Waals surface area contributed by atoms with Gasteiger partial charge < -0.3 is 5.11 Å².